The normalized spacial score (nSPS) is 13.9. The fraction of sp³-hybridized carbons (Fsp3) is 0.278. The molecule has 2 rings (SSSR count). The predicted octanol–water partition coefficient (Wildman–Crippen LogP) is 5.46. The predicted molar refractivity (Wildman–Crippen MR) is 81.5 cm³/mol. The minimum atomic E-state index is -6.62. The average Bonchev–Trinajstić information content (AvgIpc) is 2.60. The van der Waals surface area contributed by atoms with Gasteiger partial charge in [-0.1, -0.05) is 60.2 Å². The summed E-state index contributed by atoms with van der Waals surface area (Å²) in [5.74, 6) is -15.6. The summed E-state index contributed by atoms with van der Waals surface area (Å²) in [6.07, 6.45) is -8.21. The van der Waals surface area contributed by atoms with Crippen LogP contribution in [0.4, 0.5) is 30.7 Å². The van der Waals surface area contributed by atoms with E-state index in [1.54, 1.807) is 25.1 Å². The molecule has 0 aliphatic heterocycles. The SMILES string of the molecule is Cc1ccc(C(OC(=O)C(F)(F)C(F)(F)C(F)(F)F)c2ccccc2)cc1. The molecule has 0 saturated carbocycles. The first-order valence-corrected chi connectivity index (χ1v) is 7.53. The zero-order valence-electron chi connectivity index (χ0n) is 13.7. The van der Waals surface area contributed by atoms with Crippen LogP contribution in [-0.4, -0.2) is 24.0 Å². The van der Waals surface area contributed by atoms with Gasteiger partial charge in [0.25, 0.3) is 0 Å². The summed E-state index contributed by atoms with van der Waals surface area (Å²) in [5.41, 5.74) is 1.03. The van der Waals surface area contributed by atoms with Crippen LogP contribution in [0.1, 0.15) is 22.8 Å². The molecular weight excluding hydrogens is 381 g/mol. The third-order valence-electron chi connectivity index (χ3n) is 3.71. The molecule has 2 aromatic carbocycles. The molecule has 0 radical (unpaired) electrons. The number of carbonyl (C=O) groups excluding carboxylic acids is 1. The van der Waals surface area contributed by atoms with Gasteiger partial charge in [0.05, 0.1) is 0 Å². The van der Waals surface area contributed by atoms with Gasteiger partial charge in [0.15, 0.2) is 6.10 Å². The van der Waals surface area contributed by atoms with Gasteiger partial charge in [0.1, 0.15) is 0 Å². The van der Waals surface area contributed by atoms with E-state index in [2.05, 4.69) is 4.74 Å². The van der Waals surface area contributed by atoms with Crippen molar-refractivity contribution in [3.8, 4) is 0 Å². The van der Waals surface area contributed by atoms with Gasteiger partial charge in [-0.05, 0) is 18.1 Å². The third-order valence-corrected chi connectivity index (χ3v) is 3.71. The number of rotatable bonds is 5. The quantitative estimate of drug-likeness (QED) is 0.497. The standard InChI is InChI=1S/C18H13F7O2/c1-11-7-9-13(10-8-11)14(12-5-3-2-4-6-12)27-15(26)16(19,20)17(21,22)18(23,24)25/h2-10,14H,1H3. The van der Waals surface area contributed by atoms with E-state index in [0.717, 1.165) is 5.56 Å². The van der Waals surface area contributed by atoms with E-state index in [4.69, 9.17) is 0 Å². The minimum Gasteiger partial charge on any atom is -0.448 e. The Hall–Kier alpha value is -2.58. The Labute approximate surface area is 149 Å². The van der Waals surface area contributed by atoms with Gasteiger partial charge >= 0.3 is 24.0 Å². The van der Waals surface area contributed by atoms with Crippen molar-refractivity contribution >= 4 is 5.97 Å². The lowest BCUT2D eigenvalue weighted by Crippen LogP contribution is -2.56. The summed E-state index contributed by atoms with van der Waals surface area (Å²) in [6, 6.07) is 13.1. The lowest BCUT2D eigenvalue weighted by Gasteiger charge is -2.28. The first-order chi connectivity index (χ1) is 12.4. The van der Waals surface area contributed by atoms with Crippen LogP contribution >= 0.6 is 0 Å². The Kier molecular flexibility index (Phi) is 5.53. The highest BCUT2D eigenvalue weighted by Crippen LogP contribution is 2.47. The fourth-order valence-electron chi connectivity index (χ4n) is 2.18. The molecule has 0 heterocycles. The number of ether oxygens (including phenoxy) is 1. The minimum absolute atomic E-state index is 0.126. The lowest BCUT2D eigenvalue weighted by molar-refractivity contribution is -0.348. The van der Waals surface area contributed by atoms with E-state index in [1.807, 2.05) is 0 Å². The summed E-state index contributed by atoms with van der Waals surface area (Å²) >= 11 is 0. The molecule has 9 heteroatoms. The number of hydrogen-bond donors (Lipinski definition) is 0. The Morgan fingerprint density at radius 3 is 1.78 bits per heavy atom. The maximum Gasteiger partial charge on any atom is 0.460 e. The van der Waals surface area contributed by atoms with Crippen molar-refractivity contribution in [2.75, 3.05) is 0 Å². The molecule has 0 aromatic heterocycles. The Morgan fingerprint density at radius 1 is 0.815 bits per heavy atom. The highest BCUT2D eigenvalue weighted by molar-refractivity contribution is 5.79. The van der Waals surface area contributed by atoms with E-state index in [0.29, 0.717) is 0 Å². The van der Waals surface area contributed by atoms with E-state index < -0.39 is 30.1 Å². The van der Waals surface area contributed by atoms with Crippen molar-refractivity contribution in [2.24, 2.45) is 0 Å². The van der Waals surface area contributed by atoms with Crippen molar-refractivity contribution in [3.63, 3.8) is 0 Å². The highest BCUT2D eigenvalue weighted by atomic mass is 19.4. The van der Waals surface area contributed by atoms with Crippen molar-refractivity contribution in [1.82, 2.24) is 0 Å². The highest BCUT2D eigenvalue weighted by Gasteiger charge is 2.77. The Bertz CT molecular complexity index is 784. The summed E-state index contributed by atoms with van der Waals surface area (Å²) in [4.78, 5) is 11.6. The van der Waals surface area contributed by atoms with Gasteiger partial charge < -0.3 is 4.74 Å². The monoisotopic (exact) mass is 394 g/mol. The second-order valence-electron chi connectivity index (χ2n) is 5.75. The maximum atomic E-state index is 13.6. The number of carbonyl (C=O) groups is 1. The van der Waals surface area contributed by atoms with E-state index in [9.17, 15) is 35.5 Å². The summed E-state index contributed by atoms with van der Waals surface area (Å²) in [7, 11) is 0. The zero-order valence-corrected chi connectivity index (χ0v) is 13.7. The second kappa shape index (κ2) is 7.21. The molecule has 0 bridgehead atoms. The molecule has 0 N–H and O–H groups in total. The van der Waals surface area contributed by atoms with Crippen LogP contribution < -0.4 is 0 Å². The zero-order chi connectivity index (χ0) is 20.5. The molecule has 1 unspecified atom stereocenters. The van der Waals surface area contributed by atoms with Crippen LogP contribution in [0, 0.1) is 6.92 Å². The van der Waals surface area contributed by atoms with Crippen molar-refractivity contribution < 1.29 is 40.3 Å². The van der Waals surface area contributed by atoms with Crippen molar-refractivity contribution in [2.45, 2.75) is 31.0 Å². The largest absolute Gasteiger partial charge is 0.460 e. The Balaban J connectivity index is 2.41. The number of alkyl halides is 7. The molecule has 0 saturated heterocycles. The van der Waals surface area contributed by atoms with E-state index in [1.165, 1.54) is 36.4 Å². The van der Waals surface area contributed by atoms with Gasteiger partial charge in [-0.3, -0.25) is 0 Å². The van der Waals surface area contributed by atoms with Crippen LogP contribution in [-0.2, 0) is 9.53 Å². The number of halogens is 7. The molecule has 27 heavy (non-hydrogen) atoms. The van der Waals surface area contributed by atoms with E-state index >= 15 is 0 Å². The van der Waals surface area contributed by atoms with Crippen LogP contribution in [0.5, 0.6) is 0 Å². The summed E-state index contributed by atoms with van der Waals surface area (Å²) in [5, 5.41) is 0. The second-order valence-corrected chi connectivity index (χ2v) is 5.75. The smallest absolute Gasteiger partial charge is 0.448 e. The molecule has 0 aliphatic rings. The molecule has 0 fully saturated rings. The third kappa shape index (κ3) is 4.06. The Morgan fingerprint density at radius 2 is 1.30 bits per heavy atom. The van der Waals surface area contributed by atoms with Crippen molar-refractivity contribution in [3.05, 3.63) is 71.3 Å². The lowest BCUT2D eigenvalue weighted by atomic mass is 10.00. The number of aryl methyl sites for hydroxylation is 1. The molecular formula is C18H13F7O2. The first kappa shape index (κ1) is 20.7. The van der Waals surface area contributed by atoms with Gasteiger partial charge in [-0.25, -0.2) is 4.79 Å². The van der Waals surface area contributed by atoms with Gasteiger partial charge in [0.2, 0.25) is 0 Å². The molecule has 2 aromatic rings. The number of hydrogen-bond acceptors (Lipinski definition) is 2. The van der Waals surface area contributed by atoms with Gasteiger partial charge in [-0.15, -0.1) is 0 Å². The molecule has 0 spiro atoms. The maximum absolute atomic E-state index is 13.6. The molecule has 0 amide bonds. The molecule has 146 valence electrons. The average molecular weight is 394 g/mol. The molecule has 0 aliphatic carbocycles. The fourth-order valence-corrected chi connectivity index (χ4v) is 2.18. The van der Waals surface area contributed by atoms with Crippen LogP contribution in [0.3, 0.4) is 0 Å². The summed E-state index contributed by atoms with van der Waals surface area (Å²) < 4.78 is 94.7. The molecule has 1 atom stereocenters. The van der Waals surface area contributed by atoms with E-state index in [-0.39, 0.29) is 11.1 Å². The van der Waals surface area contributed by atoms with Crippen LogP contribution in [0.2, 0.25) is 0 Å². The number of benzene rings is 2. The molecule has 2 nitrogen and oxygen atoms in total. The topological polar surface area (TPSA) is 26.3 Å². The number of esters is 1. The van der Waals surface area contributed by atoms with Crippen LogP contribution in [0.15, 0.2) is 54.6 Å². The summed E-state index contributed by atoms with van der Waals surface area (Å²) in [6.45, 7) is 1.71. The first-order valence-electron chi connectivity index (χ1n) is 7.53. The van der Waals surface area contributed by atoms with Gasteiger partial charge in [0, 0.05) is 0 Å². The van der Waals surface area contributed by atoms with Crippen molar-refractivity contribution in [1.29, 1.82) is 0 Å². The van der Waals surface area contributed by atoms with Gasteiger partial charge in [-0.2, -0.15) is 30.7 Å². The van der Waals surface area contributed by atoms with Crippen LogP contribution in [0.25, 0.3) is 0 Å².